The number of thiophene rings is 1. The molecule has 0 radical (unpaired) electrons. The molecule has 1 amide bonds. The lowest BCUT2D eigenvalue weighted by Gasteiger charge is -2.20. The summed E-state index contributed by atoms with van der Waals surface area (Å²) < 4.78 is 6.39. The number of hydrogen-bond donors (Lipinski definition) is 2. The summed E-state index contributed by atoms with van der Waals surface area (Å²) in [4.78, 5) is 35.0. The molecule has 3 heterocycles. The van der Waals surface area contributed by atoms with Gasteiger partial charge in [-0.2, -0.15) is 0 Å². The van der Waals surface area contributed by atoms with E-state index in [2.05, 4.69) is 20.6 Å². The number of ether oxygens (including phenoxy) is 1. The Morgan fingerprint density at radius 1 is 1.17 bits per heavy atom. The van der Waals surface area contributed by atoms with Crippen LogP contribution in [-0.4, -0.2) is 55.2 Å². The molecule has 0 bridgehead atoms. The number of nitrogens with zero attached hydrogens (tertiary/aromatic N) is 5. The summed E-state index contributed by atoms with van der Waals surface area (Å²) in [5.41, 5.74) is 9.38. The van der Waals surface area contributed by atoms with Crippen LogP contribution in [0.5, 0.6) is 0 Å². The Kier molecular flexibility index (Phi) is 7.27. The number of esters is 1. The minimum Gasteiger partial charge on any atom is -0.465 e. The second kappa shape index (κ2) is 10.2. The van der Waals surface area contributed by atoms with Crippen LogP contribution in [0.25, 0.3) is 32.7 Å². The van der Waals surface area contributed by atoms with Crippen LogP contribution in [0.3, 0.4) is 0 Å². The molecule has 188 valence electrons. The number of carbonyl (C=O) groups excluding carboxylic acids is 2. The third kappa shape index (κ3) is 5.49. The van der Waals surface area contributed by atoms with E-state index in [1.807, 2.05) is 51.3 Å². The van der Waals surface area contributed by atoms with Gasteiger partial charge < -0.3 is 15.8 Å². The molecule has 3 N–H and O–H groups in total. The number of nitrogens with one attached hydrogen (secondary N) is 1. The standard InChI is InChI=1S/C24H27N7O3S2/c1-6-34-16(32)12-31-11-15(29-30-31)13-7-9-14(10-8-13)19-17-18(25)20(21(33)28-24(2,3)4)36-22(17)27-23(26-19)35-5/h7-11H,6,12,25H2,1-5H3,(H,28,33). The number of benzene rings is 1. The van der Waals surface area contributed by atoms with Crippen LogP contribution < -0.4 is 11.1 Å². The van der Waals surface area contributed by atoms with E-state index >= 15 is 0 Å². The molecule has 0 saturated carbocycles. The van der Waals surface area contributed by atoms with Gasteiger partial charge in [0.15, 0.2) is 5.16 Å². The van der Waals surface area contributed by atoms with E-state index in [4.69, 9.17) is 15.5 Å². The predicted octanol–water partition coefficient (Wildman–Crippen LogP) is 4.01. The van der Waals surface area contributed by atoms with Crippen molar-refractivity contribution in [3.8, 4) is 22.5 Å². The SMILES string of the molecule is CCOC(=O)Cn1cc(-c2ccc(-c3nc(SC)nc4sc(C(=O)NC(C)(C)C)c(N)c34)cc2)nn1. The summed E-state index contributed by atoms with van der Waals surface area (Å²) >= 11 is 2.68. The second-order valence-electron chi connectivity index (χ2n) is 8.97. The molecule has 3 aromatic heterocycles. The van der Waals surface area contributed by atoms with Crippen molar-refractivity contribution >= 4 is 50.9 Å². The Labute approximate surface area is 216 Å². The minimum absolute atomic E-state index is 0.00212. The van der Waals surface area contributed by atoms with Crippen LogP contribution >= 0.6 is 23.1 Å². The smallest absolute Gasteiger partial charge is 0.327 e. The van der Waals surface area contributed by atoms with Crippen molar-refractivity contribution < 1.29 is 14.3 Å². The van der Waals surface area contributed by atoms with Gasteiger partial charge in [0.2, 0.25) is 0 Å². The van der Waals surface area contributed by atoms with Crippen LogP contribution in [0.15, 0.2) is 35.6 Å². The Hall–Kier alpha value is -3.51. The zero-order valence-electron chi connectivity index (χ0n) is 20.7. The first-order valence-electron chi connectivity index (χ1n) is 11.2. The maximum absolute atomic E-state index is 12.9. The number of anilines is 1. The summed E-state index contributed by atoms with van der Waals surface area (Å²) in [6.45, 7) is 7.82. The van der Waals surface area contributed by atoms with Gasteiger partial charge in [0.25, 0.3) is 5.91 Å². The predicted molar refractivity (Wildman–Crippen MR) is 142 cm³/mol. The molecule has 10 nitrogen and oxygen atoms in total. The second-order valence-corrected chi connectivity index (χ2v) is 10.7. The fraction of sp³-hybridized carbons (Fsp3) is 0.333. The number of amides is 1. The van der Waals surface area contributed by atoms with Crippen LogP contribution in [0.2, 0.25) is 0 Å². The molecule has 36 heavy (non-hydrogen) atoms. The van der Waals surface area contributed by atoms with E-state index in [0.29, 0.717) is 43.9 Å². The highest BCUT2D eigenvalue weighted by molar-refractivity contribution is 7.98. The normalized spacial score (nSPS) is 11.6. The summed E-state index contributed by atoms with van der Waals surface area (Å²) in [5.74, 6) is -0.605. The maximum Gasteiger partial charge on any atom is 0.327 e. The number of hydrogen-bond acceptors (Lipinski definition) is 10. The average Bonchev–Trinajstić information content (AvgIpc) is 3.42. The van der Waals surface area contributed by atoms with Crippen LogP contribution in [0, 0.1) is 0 Å². The molecule has 0 unspecified atom stereocenters. The molecular formula is C24H27N7O3S2. The van der Waals surface area contributed by atoms with Crippen LogP contribution in [0.1, 0.15) is 37.4 Å². The largest absolute Gasteiger partial charge is 0.465 e. The van der Waals surface area contributed by atoms with Crippen molar-refractivity contribution in [2.75, 3.05) is 18.6 Å². The number of carbonyl (C=O) groups is 2. The lowest BCUT2D eigenvalue weighted by atomic mass is 10.0. The van der Waals surface area contributed by atoms with Gasteiger partial charge in [-0.3, -0.25) is 9.59 Å². The van der Waals surface area contributed by atoms with Gasteiger partial charge in [-0.05, 0) is 34.0 Å². The van der Waals surface area contributed by atoms with Crippen molar-refractivity contribution in [3.05, 3.63) is 35.3 Å². The zero-order valence-corrected chi connectivity index (χ0v) is 22.3. The Morgan fingerprint density at radius 2 is 1.86 bits per heavy atom. The molecule has 0 aliphatic carbocycles. The van der Waals surface area contributed by atoms with Gasteiger partial charge in [0.1, 0.15) is 21.9 Å². The van der Waals surface area contributed by atoms with E-state index in [1.165, 1.54) is 27.8 Å². The lowest BCUT2D eigenvalue weighted by molar-refractivity contribution is -0.144. The third-order valence-corrected chi connectivity index (χ3v) is 6.68. The molecule has 4 rings (SSSR count). The molecule has 4 aromatic rings. The van der Waals surface area contributed by atoms with Gasteiger partial charge in [-0.25, -0.2) is 14.6 Å². The number of nitrogens with two attached hydrogens (primary N) is 1. The molecule has 0 aliphatic rings. The number of thioether (sulfide) groups is 1. The van der Waals surface area contributed by atoms with E-state index in [9.17, 15) is 9.59 Å². The zero-order chi connectivity index (χ0) is 26.0. The van der Waals surface area contributed by atoms with E-state index < -0.39 is 5.54 Å². The quantitative estimate of drug-likeness (QED) is 0.208. The first-order valence-corrected chi connectivity index (χ1v) is 13.3. The highest BCUT2D eigenvalue weighted by Gasteiger charge is 2.24. The van der Waals surface area contributed by atoms with E-state index in [-0.39, 0.29) is 18.4 Å². The monoisotopic (exact) mass is 525 g/mol. The topological polar surface area (TPSA) is 138 Å². The Balaban J connectivity index is 1.69. The highest BCUT2D eigenvalue weighted by Crippen LogP contribution is 2.39. The van der Waals surface area contributed by atoms with Crippen LogP contribution in [-0.2, 0) is 16.1 Å². The molecule has 0 saturated heterocycles. The Morgan fingerprint density at radius 3 is 2.50 bits per heavy atom. The summed E-state index contributed by atoms with van der Waals surface area (Å²) in [7, 11) is 0. The summed E-state index contributed by atoms with van der Waals surface area (Å²) in [6.07, 6.45) is 3.59. The number of aromatic nitrogens is 5. The van der Waals surface area contributed by atoms with Gasteiger partial charge in [0, 0.05) is 16.7 Å². The molecular weight excluding hydrogens is 498 g/mol. The van der Waals surface area contributed by atoms with Gasteiger partial charge in [-0.15, -0.1) is 16.4 Å². The fourth-order valence-corrected chi connectivity index (χ4v) is 4.93. The van der Waals surface area contributed by atoms with Gasteiger partial charge >= 0.3 is 5.97 Å². The summed E-state index contributed by atoms with van der Waals surface area (Å²) in [5, 5.41) is 12.4. The first-order chi connectivity index (χ1) is 17.1. The van der Waals surface area contributed by atoms with E-state index in [0.717, 1.165) is 11.1 Å². The highest BCUT2D eigenvalue weighted by atomic mass is 32.2. The number of rotatable bonds is 7. The van der Waals surface area contributed by atoms with Crippen LogP contribution in [0.4, 0.5) is 5.69 Å². The first kappa shape index (κ1) is 25.6. The van der Waals surface area contributed by atoms with Gasteiger partial charge in [-0.1, -0.05) is 41.2 Å². The molecule has 0 aliphatic heterocycles. The van der Waals surface area contributed by atoms with Crippen molar-refractivity contribution in [2.45, 2.75) is 44.9 Å². The average molecular weight is 526 g/mol. The molecule has 0 fully saturated rings. The van der Waals surface area contributed by atoms with Gasteiger partial charge in [0.05, 0.1) is 29.6 Å². The van der Waals surface area contributed by atoms with Crippen molar-refractivity contribution in [3.63, 3.8) is 0 Å². The minimum atomic E-state index is -0.396. The summed E-state index contributed by atoms with van der Waals surface area (Å²) in [6, 6.07) is 7.63. The lowest BCUT2D eigenvalue weighted by Crippen LogP contribution is -2.40. The Bertz CT molecular complexity index is 1420. The number of fused-ring (bicyclic) bond motifs is 1. The molecule has 12 heteroatoms. The molecule has 0 atom stereocenters. The van der Waals surface area contributed by atoms with Crippen molar-refractivity contribution in [1.82, 2.24) is 30.3 Å². The van der Waals surface area contributed by atoms with E-state index in [1.54, 1.807) is 13.1 Å². The van der Waals surface area contributed by atoms with Crippen molar-refractivity contribution in [1.29, 1.82) is 0 Å². The maximum atomic E-state index is 12.9. The molecule has 0 spiro atoms. The third-order valence-electron chi connectivity index (χ3n) is 5.03. The molecule has 1 aromatic carbocycles. The number of nitrogen functional groups attached to an aromatic ring is 1. The van der Waals surface area contributed by atoms with Crippen molar-refractivity contribution in [2.24, 2.45) is 0 Å². The fourth-order valence-electron chi connectivity index (χ4n) is 3.51.